The third-order valence-corrected chi connectivity index (χ3v) is 3.52. The summed E-state index contributed by atoms with van der Waals surface area (Å²) < 4.78 is 18.5. The first-order chi connectivity index (χ1) is 9.89. The minimum absolute atomic E-state index is 0.302. The van der Waals surface area contributed by atoms with Crippen molar-refractivity contribution in [3.8, 4) is 5.75 Å². The average molecular weight is 309 g/mol. The topological polar surface area (TPSA) is 29.5 Å². The van der Waals surface area contributed by atoms with Crippen molar-refractivity contribution in [3.05, 3.63) is 64.4 Å². The molecule has 4 heteroatoms. The van der Waals surface area contributed by atoms with Gasteiger partial charge in [0.05, 0.1) is 12.7 Å². The van der Waals surface area contributed by atoms with Gasteiger partial charge in [0.25, 0.3) is 0 Å². The quantitative estimate of drug-likeness (QED) is 0.904. The van der Waals surface area contributed by atoms with Crippen molar-refractivity contribution in [1.82, 2.24) is 0 Å². The van der Waals surface area contributed by atoms with E-state index in [2.05, 4.69) is 0 Å². The molecule has 0 aliphatic rings. The number of rotatable bonds is 5. The zero-order valence-corrected chi connectivity index (χ0v) is 12.8. The molecule has 0 radical (unpaired) electrons. The normalized spacial score (nSPS) is 13.8. The van der Waals surface area contributed by atoms with Crippen LogP contribution in [0.3, 0.4) is 0 Å². The van der Waals surface area contributed by atoms with E-state index in [-0.39, 0.29) is 5.82 Å². The van der Waals surface area contributed by atoms with E-state index in [1.165, 1.54) is 12.1 Å². The molecule has 0 saturated carbocycles. The van der Waals surface area contributed by atoms with Gasteiger partial charge in [-0.05, 0) is 48.4 Å². The summed E-state index contributed by atoms with van der Waals surface area (Å²) in [6.45, 7) is 1.72. The lowest BCUT2D eigenvalue weighted by Crippen LogP contribution is -2.30. The van der Waals surface area contributed by atoms with Crippen molar-refractivity contribution in [2.24, 2.45) is 0 Å². The van der Waals surface area contributed by atoms with E-state index in [0.29, 0.717) is 23.6 Å². The summed E-state index contributed by atoms with van der Waals surface area (Å²) in [5.74, 6) is 0.377. The van der Waals surface area contributed by atoms with Gasteiger partial charge in [-0.15, -0.1) is 0 Å². The van der Waals surface area contributed by atoms with E-state index in [1.807, 2.05) is 0 Å². The van der Waals surface area contributed by atoms with E-state index in [1.54, 1.807) is 44.4 Å². The summed E-state index contributed by atoms with van der Waals surface area (Å²) in [7, 11) is 1.58. The average Bonchev–Trinajstić information content (AvgIpc) is 2.37. The summed E-state index contributed by atoms with van der Waals surface area (Å²) in [4.78, 5) is 0. The minimum Gasteiger partial charge on any atom is -0.496 e. The third kappa shape index (κ3) is 4.45. The highest BCUT2D eigenvalue weighted by molar-refractivity contribution is 6.30. The molecule has 2 rings (SSSR count). The summed E-state index contributed by atoms with van der Waals surface area (Å²) in [6, 6.07) is 11.6. The Kier molecular flexibility index (Phi) is 4.86. The maximum Gasteiger partial charge on any atom is 0.123 e. The Balaban J connectivity index is 2.19. The first kappa shape index (κ1) is 15.8. The Morgan fingerprint density at radius 3 is 2.62 bits per heavy atom. The highest BCUT2D eigenvalue weighted by Gasteiger charge is 2.23. The van der Waals surface area contributed by atoms with Crippen LogP contribution in [-0.2, 0) is 12.8 Å². The summed E-state index contributed by atoms with van der Waals surface area (Å²) >= 11 is 6.00. The minimum atomic E-state index is -1.02. The highest BCUT2D eigenvalue weighted by Crippen LogP contribution is 2.28. The molecule has 0 fully saturated rings. The molecule has 2 nitrogen and oxygen atoms in total. The smallest absolute Gasteiger partial charge is 0.123 e. The zero-order chi connectivity index (χ0) is 15.5. The van der Waals surface area contributed by atoms with Crippen molar-refractivity contribution in [2.45, 2.75) is 25.4 Å². The molecule has 0 aliphatic heterocycles. The lowest BCUT2D eigenvalue weighted by Gasteiger charge is -2.24. The van der Waals surface area contributed by atoms with Crippen molar-refractivity contribution >= 4 is 11.6 Å². The second-order valence-electron chi connectivity index (χ2n) is 5.44. The van der Waals surface area contributed by atoms with Gasteiger partial charge < -0.3 is 9.84 Å². The Labute approximate surface area is 129 Å². The first-order valence-electron chi connectivity index (χ1n) is 6.69. The lowest BCUT2D eigenvalue weighted by atomic mass is 9.89. The van der Waals surface area contributed by atoms with Crippen LogP contribution in [0.1, 0.15) is 18.1 Å². The fourth-order valence-corrected chi connectivity index (χ4v) is 2.64. The van der Waals surface area contributed by atoms with Crippen molar-refractivity contribution < 1.29 is 14.2 Å². The Morgan fingerprint density at radius 2 is 1.95 bits per heavy atom. The molecule has 0 amide bonds. The van der Waals surface area contributed by atoms with Gasteiger partial charge >= 0.3 is 0 Å². The van der Waals surface area contributed by atoms with Crippen molar-refractivity contribution in [1.29, 1.82) is 0 Å². The van der Waals surface area contributed by atoms with Crippen molar-refractivity contribution in [2.75, 3.05) is 7.11 Å². The maximum atomic E-state index is 13.2. The highest BCUT2D eigenvalue weighted by atomic mass is 35.5. The lowest BCUT2D eigenvalue weighted by molar-refractivity contribution is 0.0601. The van der Waals surface area contributed by atoms with E-state index in [0.717, 1.165) is 11.1 Å². The molecule has 0 aliphatic carbocycles. The number of aliphatic hydroxyl groups is 1. The molecule has 112 valence electrons. The summed E-state index contributed by atoms with van der Waals surface area (Å²) in [6.07, 6.45) is 0.716. The molecule has 0 saturated heterocycles. The third-order valence-electron chi connectivity index (χ3n) is 3.29. The second kappa shape index (κ2) is 6.46. The van der Waals surface area contributed by atoms with Gasteiger partial charge in [0.1, 0.15) is 11.6 Å². The predicted octanol–water partition coefficient (Wildman–Crippen LogP) is 4.02. The molecule has 0 spiro atoms. The molecule has 0 heterocycles. The fraction of sp³-hybridized carbons (Fsp3) is 0.294. The molecule has 2 aromatic rings. The number of methoxy groups -OCH3 is 1. The summed E-state index contributed by atoms with van der Waals surface area (Å²) in [5, 5.41) is 11.2. The van der Waals surface area contributed by atoms with Crippen LogP contribution in [0.25, 0.3) is 0 Å². The zero-order valence-electron chi connectivity index (χ0n) is 12.1. The van der Waals surface area contributed by atoms with Gasteiger partial charge in [0.15, 0.2) is 0 Å². The second-order valence-corrected chi connectivity index (χ2v) is 5.87. The van der Waals surface area contributed by atoms with Gasteiger partial charge in [0.2, 0.25) is 0 Å². The molecule has 2 aromatic carbocycles. The van der Waals surface area contributed by atoms with E-state index >= 15 is 0 Å². The molecular weight excluding hydrogens is 291 g/mol. The van der Waals surface area contributed by atoms with E-state index in [4.69, 9.17) is 16.3 Å². The van der Waals surface area contributed by atoms with Gasteiger partial charge in [0, 0.05) is 17.9 Å². The fourth-order valence-electron chi connectivity index (χ4n) is 2.44. The molecule has 1 unspecified atom stereocenters. The maximum absolute atomic E-state index is 13.2. The van der Waals surface area contributed by atoms with Crippen LogP contribution < -0.4 is 4.74 Å². The molecule has 0 bridgehead atoms. The van der Waals surface area contributed by atoms with E-state index < -0.39 is 5.60 Å². The molecule has 1 N–H and O–H groups in total. The van der Waals surface area contributed by atoms with Crippen LogP contribution in [0.5, 0.6) is 5.75 Å². The van der Waals surface area contributed by atoms with Crippen LogP contribution in [0.15, 0.2) is 42.5 Å². The number of ether oxygens (including phenoxy) is 1. The predicted molar refractivity (Wildman–Crippen MR) is 82.4 cm³/mol. The monoisotopic (exact) mass is 308 g/mol. The number of halogens is 2. The van der Waals surface area contributed by atoms with Crippen LogP contribution in [-0.4, -0.2) is 17.8 Å². The number of benzene rings is 2. The van der Waals surface area contributed by atoms with Crippen LogP contribution >= 0.6 is 11.6 Å². The van der Waals surface area contributed by atoms with E-state index in [9.17, 15) is 9.50 Å². The van der Waals surface area contributed by atoms with Gasteiger partial charge in [-0.3, -0.25) is 0 Å². The van der Waals surface area contributed by atoms with Crippen LogP contribution in [0, 0.1) is 5.82 Å². The van der Waals surface area contributed by atoms with Crippen LogP contribution in [0.4, 0.5) is 4.39 Å². The summed E-state index contributed by atoms with van der Waals surface area (Å²) in [5.41, 5.74) is 0.554. The van der Waals surface area contributed by atoms with Gasteiger partial charge in [-0.1, -0.05) is 23.7 Å². The molecule has 0 aromatic heterocycles. The molecule has 21 heavy (non-hydrogen) atoms. The number of hydrogen-bond donors (Lipinski definition) is 1. The molecular formula is C17H18ClFO2. The molecule has 1 atom stereocenters. The standard InChI is InChI=1S/C17H18ClFO2/c1-17(20,10-12-4-3-5-15(19)8-12)11-13-9-14(18)6-7-16(13)21-2/h3-9,20H,10-11H2,1-2H3. The number of hydrogen-bond acceptors (Lipinski definition) is 2. The Morgan fingerprint density at radius 1 is 1.19 bits per heavy atom. The Hall–Kier alpha value is -1.58. The Bertz CT molecular complexity index is 626. The van der Waals surface area contributed by atoms with Gasteiger partial charge in [-0.25, -0.2) is 4.39 Å². The van der Waals surface area contributed by atoms with Crippen molar-refractivity contribution in [3.63, 3.8) is 0 Å². The first-order valence-corrected chi connectivity index (χ1v) is 7.07. The largest absolute Gasteiger partial charge is 0.496 e. The van der Waals surface area contributed by atoms with Crippen LogP contribution in [0.2, 0.25) is 5.02 Å². The SMILES string of the molecule is COc1ccc(Cl)cc1CC(C)(O)Cc1cccc(F)c1. The van der Waals surface area contributed by atoms with Gasteiger partial charge in [-0.2, -0.15) is 0 Å².